The second kappa shape index (κ2) is 8.76. The lowest BCUT2D eigenvalue weighted by Crippen LogP contribution is -2.57. The van der Waals surface area contributed by atoms with Crippen molar-refractivity contribution in [3.63, 3.8) is 0 Å². The maximum Gasteiger partial charge on any atom is 0.416 e. The van der Waals surface area contributed by atoms with E-state index in [1.54, 1.807) is 12.1 Å². The molecular weight excluding hydrogens is 460 g/mol. The molecule has 6 rings (SSSR count). The van der Waals surface area contributed by atoms with Crippen LogP contribution >= 0.6 is 0 Å². The molecule has 3 N–H and O–H groups in total. The standard InChI is InChI=1S/C26H28N6O4/c27-10-18-3-1-2-17-8-16(9-20(17)18)12-31-7-6-26(19(11-28)13-31)15-32(25(34)36-26)22-5-4-21-24(29-22)30-23(33)14-35-21/h1-5,16,19H,6-9,11-15,28H2,(H,29,30,33). The van der Waals surface area contributed by atoms with Gasteiger partial charge in [-0.2, -0.15) is 5.26 Å². The summed E-state index contributed by atoms with van der Waals surface area (Å²) < 4.78 is 11.4. The molecule has 4 aliphatic rings. The third-order valence-electron chi connectivity index (χ3n) is 7.94. The fourth-order valence-corrected chi connectivity index (χ4v) is 6.13. The van der Waals surface area contributed by atoms with Gasteiger partial charge >= 0.3 is 6.09 Å². The molecule has 0 bridgehead atoms. The second-order valence-electron chi connectivity index (χ2n) is 10.1. The van der Waals surface area contributed by atoms with Crippen LogP contribution in [-0.2, 0) is 22.4 Å². The molecule has 2 amide bonds. The number of benzene rings is 1. The van der Waals surface area contributed by atoms with Gasteiger partial charge in [0.2, 0.25) is 0 Å². The van der Waals surface area contributed by atoms with E-state index < -0.39 is 11.7 Å². The van der Waals surface area contributed by atoms with Crippen LogP contribution in [0.5, 0.6) is 5.75 Å². The number of hydrogen-bond donors (Lipinski definition) is 2. The molecule has 2 saturated heterocycles. The lowest BCUT2D eigenvalue weighted by Gasteiger charge is -2.44. The minimum absolute atomic E-state index is 0.0145. The summed E-state index contributed by atoms with van der Waals surface area (Å²) in [6.45, 7) is 3.19. The van der Waals surface area contributed by atoms with Crippen molar-refractivity contribution in [3.05, 3.63) is 47.0 Å². The Hall–Kier alpha value is -3.68. The Kier molecular flexibility index (Phi) is 5.54. The van der Waals surface area contributed by atoms with Gasteiger partial charge in [-0.1, -0.05) is 12.1 Å². The summed E-state index contributed by atoms with van der Waals surface area (Å²) in [6.07, 6.45) is 2.13. The molecule has 10 nitrogen and oxygen atoms in total. The number of rotatable bonds is 4. The highest BCUT2D eigenvalue weighted by Crippen LogP contribution is 2.40. The van der Waals surface area contributed by atoms with E-state index in [0.717, 1.165) is 38.0 Å². The molecule has 3 aliphatic heterocycles. The van der Waals surface area contributed by atoms with Gasteiger partial charge < -0.3 is 25.4 Å². The Morgan fingerprint density at radius 1 is 1.25 bits per heavy atom. The zero-order valence-electron chi connectivity index (χ0n) is 19.9. The highest BCUT2D eigenvalue weighted by atomic mass is 16.6. The van der Waals surface area contributed by atoms with Crippen molar-refractivity contribution in [1.82, 2.24) is 9.88 Å². The minimum atomic E-state index is -0.674. The van der Waals surface area contributed by atoms with Gasteiger partial charge in [0.25, 0.3) is 5.91 Å². The van der Waals surface area contributed by atoms with Gasteiger partial charge in [-0.05, 0) is 48.1 Å². The molecule has 2 aromatic rings. The van der Waals surface area contributed by atoms with Crippen molar-refractivity contribution >= 4 is 23.6 Å². The van der Waals surface area contributed by atoms with Crippen molar-refractivity contribution in [2.75, 3.05) is 49.5 Å². The molecule has 2 fully saturated rings. The molecule has 1 aliphatic carbocycles. The topological polar surface area (TPSA) is 134 Å². The predicted octanol–water partition coefficient (Wildman–Crippen LogP) is 1.68. The molecule has 1 spiro atoms. The van der Waals surface area contributed by atoms with E-state index in [-0.39, 0.29) is 18.4 Å². The second-order valence-corrected chi connectivity index (χ2v) is 10.1. The molecule has 3 atom stereocenters. The largest absolute Gasteiger partial charge is 0.480 e. The van der Waals surface area contributed by atoms with Gasteiger partial charge in [-0.15, -0.1) is 0 Å². The van der Waals surface area contributed by atoms with Crippen LogP contribution in [0.25, 0.3) is 0 Å². The number of fused-ring (bicyclic) bond motifs is 2. The van der Waals surface area contributed by atoms with Gasteiger partial charge in [0.05, 0.1) is 18.2 Å². The number of nitriles is 1. The number of nitrogens with two attached hydrogens (primary N) is 1. The van der Waals surface area contributed by atoms with Crippen LogP contribution < -0.4 is 20.7 Å². The molecule has 0 radical (unpaired) electrons. The van der Waals surface area contributed by atoms with Crippen LogP contribution in [0.3, 0.4) is 0 Å². The monoisotopic (exact) mass is 488 g/mol. The van der Waals surface area contributed by atoms with Crippen molar-refractivity contribution < 1.29 is 19.1 Å². The summed E-state index contributed by atoms with van der Waals surface area (Å²) in [6, 6.07) is 11.7. The van der Waals surface area contributed by atoms with Crippen molar-refractivity contribution in [2.24, 2.45) is 17.6 Å². The third-order valence-corrected chi connectivity index (χ3v) is 7.94. The zero-order chi connectivity index (χ0) is 24.9. The quantitative estimate of drug-likeness (QED) is 0.664. The number of pyridine rings is 1. The van der Waals surface area contributed by atoms with E-state index in [1.165, 1.54) is 16.0 Å². The summed E-state index contributed by atoms with van der Waals surface area (Å²) in [5, 5.41) is 12.1. The van der Waals surface area contributed by atoms with Crippen LogP contribution in [0.1, 0.15) is 23.1 Å². The van der Waals surface area contributed by atoms with E-state index in [2.05, 4.69) is 27.3 Å². The fraction of sp³-hybridized carbons (Fsp3) is 0.462. The summed E-state index contributed by atoms with van der Waals surface area (Å²) in [5.41, 5.74) is 8.80. The number of anilines is 2. The number of piperidine rings is 1. The number of carbonyl (C=O) groups is 2. The Balaban J connectivity index is 1.14. The molecule has 1 aromatic heterocycles. The summed E-state index contributed by atoms with van der Waals surface area (Å²) in [7, 11) is 0. The first-order valence-electron chi connectivity index (χ1n) is 12.4. The maximum absolute atomic E-state index is 13.0. The SMILES string of the molecule is N#Cc1cccc2c1CC(CN1CCC3(CN(c4ccc5c(n4)NC(=O)CO5)C(=O)O3)C(CN)C1)C2. The Bertz CT molecular complexity index is 1280. The number of hydrogen-bond acceptors (Lipinski definition) is 8. The minimum Gasteiger partial charge on any atom is -0.480 e. The predicted molar refractivity (Wildman–Crippen MR) is 131 cm³/mol. The Labute approximate surface area is 209 Å². The normalized spacial score (nSPS) is 27.2. The van der Waals surface area contributed by atoms with E-state index in [0.29, 0.717) is 42.8 Å². The van der Waals surface area contributed by atoms with Gasteiger partial charge in [0.1, 0.15) is 11.4 Å². The van der Waals surface area contributed by atoms with Crippen molar-refractivity contribution in [1.29, 1.82) is 5.26 Å². The maximum atomic E-state index is 13.0. The molecule has 36 heavy (non-hydrogen) atoms. The number of likely N-dealkylation sites (tertiary alicyclic amines) is 1. The molecule has 3 unspecified atom stereocenters. The van der Waals surface area contributed by atoms with Gasteiger partial charge in [0.15, 0.2) is 18.2 Å². The highest BCUT2D eigenvalue weighted by molar-refractivity contribution is 5.95. The zero-order valence-corrected chi connectivity index (χ0v) is 19.9. The third kappa shape index (κ3) is 3.85. The first-order valence-corrected chi connectivity index (χ1v) is 12.4. The first-order chi connectivity index (χ1) is 17.5. The van der Waals surface area contributed by atoms with Crippen LogP contribution in [0.4, 0.5) is 16.4 Å². The molecule has 4 heterocycles. The molecule has 10 heteroatoms. The average Bonchev–Trinajstić information content (AvgIpc) is 3.45. The molecule has 186 valence electrons. The Morgan fingerprint density at radius 3 is 2.97 bits per heavy atom. The Morgan fingerprint density at radius 2 is 2.14 bits per heavy atom. The highest BCUT2D eigenvalue weighted by Gasteiger charge is 2.53. The number of ether oxygens (including phenoxy) is 2. The summed E-state index contributed by atoms with van der Waals surface area (Å²) in [5.74, 6) is 1.36. The lowest BCUT2D eigenvalue weighted by molar-refractivity contribution is -0.118. The molecule has 1 aromatic carbocycles. The van der Waals surface area contributed by atoms with E-state index in [9.17, 15) is 14.9 Å². The van der Waals surface area contributed by atoms with E-state index in [4.69, 9.17) is 15.2 Å². The number of nitrogens with zero attached hydrogens (tertiary/aromatic N) is 4. The van der Waals surface area contributed by atoms with Gasteiger partial charge in [-0.3, -0.25) is 9.69 Å². The molecular formula is C26H28N6O4. The van der Waals surface area contributed by atoms with Crippen LogP contribution in [-0.4, -0.2) is 66.8 Å². The van der Waals surface area contributed by atoms with Crippen LogP contribution in [0.15, 0.2) is 30.3 Å². The number of aromatic nitrogens is 1. The van der Waals surface area contributed by atoms with E-state index in [1.807, 2.05) is 12.1 Å². The number of amides is 2. The summed E-state index contributed by atoms with van der Waals surface area (Å²) >= 11 is 0. The smallest absolute Gasteiger partial charge is 0.416 e. The van der Waals surface area contributed by atoms with Gasteiger partial charge in [0, 0.05) is 38.5 Å². The van der Waals surface area contributed by atoms with Crippen molar-refractivity contribution in [2.45, 2.75) is 24.9 Å². The van der Waals surface area contributed by atoms with Crippen LogP contribution in [0, 0.1) is 23.2 Å². The fourth-order valence-electron chi connectivity index (χ4n) is 6.13. The van der Waals surface area contributed by atoms with E-state index >= 15 is 0 Å². The number of nitrogens with one attached hydrogen (secondary N) is 1. The first kappa shape index (κ1) is 22.8. The average molecular weight is 489 g/mol. The molecule has 0 saturated carbocycles. The van der Waals surface area contributed by atoms with Crippen LogP contribution in [0.2, 0.25) is 0 Å². The van der Waals surface area contributed by atoms with Crippen molar-refractivity contribution in [3.8, 4) is 11.8 Å². The summed E-state index contributed by atoms with van der Waals surface area (Å²) in [4.78, 5) is 33.0. The van der Waals surface area contributed by atoms with Gasteiger partial charge in [-0.25, -0.2) is 9.78 Å². The number of carbonyl (C=O) groups excluding carboxylic acids is 2. The lowest BCUT2D eigenvalue weighted by atomic mass is 9.80.